The Hall–Kier alpha value is -2.08. The van der Waals surface area contributed by atoms with Gasteiger partial charge in [-0.3, -0.25) is 10.2 Å². The van der Waals surface area contributed by atoms with E-state index in [1.165, 1.54) is 6.26 Å². The highest BCUT2D eigenvalue weighted by Gasteiger charge is 2.17. The monoisotopic (exact) mass is 206 g/mol. The first-order valence-corrected chi connectivity index (χ1v) is 4.36. The highest BCUT2D eigenvalue weighted by molar-refractivity contribution is 5.96. The van der Waals surface area contributed by atoms with Crippen LogP contribution in [-0.4, -0.2) is 10.9 Å². The van der Waals surface area contributed by atoms with Crippen molar-refractivity contribution < 1.29 is 9.21 Å². The number of hydrogen-bond acceptors (Lipinski definition) is 5. The van der Waals surface area contributed by atoms with Gasteiger partial charge in [-0.1, -0.05) is 0 Å². The molecular weight excluding hydrogens is 196 g/mol. The lowest BCUT2D eigenvalue weighted by molar-refractivity contribution is -0.117. The van der Waals surface area contributed by atoms with Crippen molar-refractivity contribution in [3.8, 4) is 0 Å². The van der Waals surface area contributed by atoms with Crippen LogP contribution < -0.4 is 16.6 Å². The predicted molar refractivity (Wildman–Crippen MR) is 51.9 cm³/mol. The summed E-state index contributed by atoms with van der Waals surface area (Å²) >= 11 is 0. The molecule has 15 heavy (non-hydrogen) atoms. The summed E-state index contributed by atoms with van der Waals surface area (Å²) in [5.41, 5.74) is 2.53. The van der Waals surface area contributed by atoms with Gasteiger partial charge in [-0.05, 0) is 18.4 Å². The van der Waals surface area contributed by atoms with E-state index in [0.29, 0.717) is 11.5 Å². The van der Waals surface area contributed by atoms with Crippen LogP contribution in [0.2, 0.25) is 0 Å². The van der Waals surface area contributed by atoms with Gasteiger partial charge < -0.3 is 9.73 Å². The number of nitrogens with one attached hydrogen (secondary N) is 2. The number of hydrogen-bond donors (Lipinski definition) is 3. The lowest BCUT2D eigenvalue weighted by Crippen LogP contribution is -2.32. The molecule has 1 aromatic heterocycles. The van der Waals surface area contributed by atoms with Gasteiger partial charge in [0.15, 0.2) is 0 Å². The number of carbonyl (C=O) groups is 1. The molecule has 6 heteroatoms. The molecule has 0 fully saturated rings. The van der Waals surface area contributed by atoms with Gasteiger partial charge in [0.2, 0.25) is 5.89 Å². The molecule has 1 aromatic rings. The normalized spacial score (nSPS) is 19.3. The van der Waals surface area contributed by atoms with E-state index in [0.717, 1.165) is 0 Å². The van der Waals surface area contributed by atoms with Crippen LogP contribution in [0.1, 0.15) is 11.9 Å². The quantitative estimate of drug-likeness (QED) is 0.352. The lowest BCUT2D eigenvalue weighted by atomic mass is 10.1. The summed E-state index contributed by atoms with van der Waals surface area (Å²) in [5.74, 6) is 5.19. The van der Waals surface area contributed by atoms with Crippen LogP contribution in [0.5, 0.6) is 0 Å². The summed E-state index contributed by atoms with van der Waals surface area (Å²) in [4.78, 5) is 15.2. The van der Waals surface area contributed by atoms with Gasteiger partial charge in [0.25, 0.3) is 5.91 Å². The van der Waals surface area contributed by atoms with E-state index in [9.17, 15) is 4.79 Å². The molecule has 1 amide bonds. The Balaban J connectivity index is 2.21. The molecule has 0 bridgehead atoms. The van der Waals surface area contributed by atoms with Crippen LogP contribution in [0.3, 0.4) is 0 Å². The molecule has 0 radical (unpaired) electrons. The Morgan fingerprint density at radius 3 is 3.20 bits per heavy atom. The molecule has 4 N–H and O–H groups in total. The molecule has 0 aliphatic carbocycles. The first kappa shape index (κ1) is 9.47. The largest absolute Gasteiger partial charge is 0.446 e. The number of nitrogens with two attached hydrogens (primary N) is 1. The van der Waals surface area contributed by atoms with Gasteiger partial charge in [0.1, 0.15) is 12.3 Å². The van der Waals surface area contributed by atoms with Crippen molar-refractivity contribution in [1.29, 1.82) is 0 Å². The Kier molecular flexibility index (Phi) is 2.51. The SMILES string of the molecule is NNC(=O)C1=CC(c2ncco2)NC=C1. The fourth-order valence-corrected chi connectivity index (χ4v) is 1.29. The molecule has 1 aliphatic heterocycles. The number of oxazole rings is 1. The minimum Gasteiger partial charge on any atom is -0.446 e. The van der Waals surface area contributed by atoms with Gasteiger partial charge in [0, 0.05) is 5.57 Å². The summed E-state index contributed by atoms with van der Waals surface area (Å²) in [6, 6.07) is -0.239. The van der Waals surface area contributed by atoms with E-state index < -0.39 is 0 Å². The second-order valence-electron chi connectivity index (χ2n) is 2.94. The van der Waals surface area contributed by atoms with Crippen molar-refractivity contribution in [2.45, 2.75) is 6.04 Å². The summed E-state index contributed by atoms with van der Waals surface area (Å²) in [7, 11) is 0. The van der Waals surface area contributed by atoms with E-state index in [4.69, 9.17) is 10.3 Å². The van der Waals surface area contributed by atoms with Crippen molar-refractivity contribution in [2.24, 2.45) is 5.84 Å². The van der Waals surface area contributed by atoms with Crippen molar-refractivity contribution >= 4 is 5.91 Å². The Morgan fingerprint density at radius 2 is 2.53 bits per heavy atom. The third kappa shape index (κ3) is 1.89. The Labute approximate surface area is 85.8 Å². The van der Waals surface area contributed by atoms with Crippen LogP contribution in [0.15, 0.2) is 40.8 Å². The second-order valence-corrected chi connectivity index (χ2v) is 2.94. The summed E-state index contributed by atoms with van der Waals surface area (Å²) < 4.78 is 5.12. The standard InChI is InChI=1S/C9H10N4O2/c10-13-8(14)6-1-2-11-7(5-6)9-12-3-4-15-9/h1-5,7,11H,10H2,(H,13,14). The molecule has 1 atom stereocenters. The smallest absolute Gasteiger partial charge is 0.264 e. The molecule has 78 valence electrons. The van der Waals surface area contributed by atoms with E-state index in [2.05, 4.69) is 15.7 Å². The van der Waals surface area contributed by atoms with Crippen molar-refractivity contribution in [3.63, 3.8) is 0 Å². The van der Waals surface area contributed by atoms with Crippen LogP contribution in [0.25, 0.3) is 0 Å². The number of rotatable bonds is 2. The van der Waals surface area contributed by atoms with Gasteiger partial charge in [0.05, 0.1) is 6.20 Å². The van der Waals surface area contributed by atoms with Crippen LogP contribution >= 0.6 is 0 Å². The topological polar surface area (TPSA) is 93.2 Å². The number of amides is 1. The van der Waals surface area contributed by atoms with Crippen LogP contribution in [0, 0.1) is 0 Å². The highest BCUT2D eigenvalue weighted by atomic mass is 16.3. The lowest BCUT2D eigenvalue weighted by Gasteiger charge is -2.15. The number of nitrogens with zero attached hydrogens (tertiary/aromatic N) is 1. The molecule has 1 aliphatic rings. The molecule has 0 saturated carbocycles. The van der Waals surface area contributed by atoms with Gasteiger partial charge in [-0.25, -0.2) is 10.8 Å². The Morgan fingerprint density at radius 1 is 1.67 bits per heavy atom. The van der Waals surface area contributed by atoms with Crippen LogP contribution in [-0.2, 0) is 4.79 Å². The minimum atomic E-state index is -0.343. The molecule has 1 unspecified atom stereocenters. The first-order valence-electron chi connectivity index (χ1n) is 4.36. The van der Waals surface area contributed by atoms with E-state index in [1.807, 2.05) is 0 Å². The molecule has 2 rings (SSSR count). The predicted octanol–water partition coefficient (Wildman–Crippen LogP) is -0.251. The Bertz CT molecular complexity index is 408. The third-order valence-electron chi connectivity index (χ3n) is 2.00. The van der Waals surface area contributed by atoms with E-state index in [-0.39, 0.29) is 11.9 Å². The minimum absolute atomic E-state index is 0.239. The fourth-order valence-electron chi connectivity index (χ4n) is 1.29. The zero-order chi connectivity index (χ0) is 10.7. The summed E-state index contributed by atoms with van der Waals surface area (Å²) in [6.07, 6.45) is 7.99. The maximum atomic E-state index is 11.2. The number of dihydropyridines is 1. The maximum absolute atomic E-state index is 11.2. The molecule has 0 aromatic carbocycles. The number of hydrazine groups is 1. The average Bonchev–Trinajstić information content (AvgIpc) is 2.82. The number of carbonyl (C=O) groups excluding carboxylic acids is 1. The zero-order valence-electron chi connectivity index (χ0n) is 7.81. The molecular formula is C9H10N4O2. The van der Waals surface area contributed by atoms with Gasteiger partial charge >= 0.3 is 0 Å². The molecule has 2 heterocycles. The van der Waals surface area contributed by atoms with Crippen LogP contribution in [0.4, 0.5) is 0 Å². The third-order valence-corrected chi connectivity index (χ3v) is 2.00. The average molecular weight is 206 g/mol. The maximum Gasteiger partial charge on any atom is 0.264 e. The van der Waals surface area contributed by atoms with E-state index >= 15 is 0 Å². The number of aromatic nitrogens is 1. The molecule has 0 saturated heterocycles. The van der Waals surface area contributed by atoms with Crippen molar-refractivity contribution in [2.75, 3.05) is 0 Å². The molecule has 6 nitrogen and oxygen atoms in total. The molecule has 0 spiro atoms. The van der Waals surface area contributed by atoms with Gasteiger partial charge in [-0.2, -0.15) is 0 Å². The fraction of sp³-hybridized carbons (Fsp3) is 0.111. The highest BCUT2D eigenvalue weighted by Crippen LogP contribution is 2.17. The van der Waals surface area contributed by atoms with E-state index in [1.54, 1.807) is 24.5 Å². The van der Waals surface area contributed by atoms with Crippen molar-refractivity contribution in [3.05, 3.63) is 42.3 Å². The van der Waals surface area contributed by atoms with Gasteiger partial charge in [-0.15, -0.1) is 0 Å². The second kappa shape index (κ2) is 3.97. The summed E-state index contributed by atoms with van der Waals surface area (Å²) in [6.45, 7) is 0. The van der Waals surface area contributed by atoms with Crippen molar-refractivity contribution in [1.82, 2.24) is 15.7 Å². The summed E-state index contributed by atoms with van der Waals surface area (Å²) in [5, 5.41) is 3.00. The first-order chi connectivity index (χ1) is 7.31. The zero-order valence-corrected chi connectivity index (χ0v) is 7.81.